The predicted molar refractivity (Wildman–Crippen MR) is 99.9 cm³/mol. The number of hydrogen-bond donors (Lipinski definition) is 0. The van der Waals surface area contributed by atoms with Crippen molar-refractivity contribution >= 4 is 11.5 Å². The van der Waals surface area contributed by atoms with Gasteiger partial charge in [0.1, 0.15) is 5.78 Å². The zero-order chi connectivity index (χ0) is 17.1. The lowest BCUT2D eigenvalue weighted by atomic mass is 9.94. The van der Waals surface area contributed by atoms with Gasteiger partial charge >= 0.3 is 0 Å². The first-order valence-corrected chi connectivity index (χ1v) is 8.73. The molecule has 0 bridgehead atoms. The average molecular weight is 311 g/mol. The van der Waals surface area contributed by atoms with Crippen LogP contribution in [0.15, 0.2) is 60.7 Å². The normalized spacial score (nSPS) is 16.6. The third-order valence-electron chi connectivity index (χ3n) is 3.70. The molecule has 1 aliphatic heterocycles. The molecular weight excluding hydrogens is 282 g/mol. The van der Waals surface area contributed by atoms with Crippen molar-refractivity contribution in [2.75, 3.05) is 11.4 Å². The molecule has 0 aliphatic carbocycles. The Morgan fingerprint density at radius 2 is 1.35 bits per heavy atom. The van der Waals surface area contributed by atoms with E-state index in [1.807, 2.05) is 64.1 Å². The highest BCUT2D eigenvalue weighted by Crippen LogP contribution is 2.33. The summed E-state index contributed by atoms with van der Waals surface area (Å²) >= 11 is 0. The van der Waals surface area contributed by atoms with Crippen molar-refractivity contribution in [2.24, 2.45) is 0 Å². The number of carbonyl (C=O) groups excluding carboxylic acids is 1. The van der Waals surface area contributed by atoms with Gasteiger partial charge in [-0.2, -0.15) is 0 Å². The summed E-state index contributed by atoms with van der Waals surface area (Å²) in [5.41, 5.74) is 2.42. The summed E-state index contributed by atoms with van der Waals surface area (Å²) in [4.78, 5) is 14.1. The molecule has 1 unspecified atom stereocenters. The van der Waals surface area contributed by atoms with Gasteiger partial charge in [-0.1, -0.05) is 76.2 Å². The van der Waals surface area contributed by atoms with Gasteiger partial charge in [-0.25, -0.2) is 0 Å². The summed E-state index contributed by atoms with van der Waals surface area (Å²) in [5.74, 6) is 0.362. The first-order valence-electron chi connectivity index (χ1n) is 8.73. The lowest BCUT2D eigenvalue weighted by Gasteiger charge is -2.37. The van der Waals surface area contributed by atoms with E-state index in [0.717, 1.165) is 6.54 Å². The first-order chi connectivity index (χ1) is 11.3. The monoisotopic (exact) mass is 311 g/mol. The second-order valence-electron chi connectivity index (χ2n) is 4.95. The van der Waals surface area contributed by atoms with Crippen LogP contribution >= 0.6 is 0 Å². The molecule has 23 heavy (non-hydrogen) atoms. The van der Waals surface area contributed by atoms with E-state index in [0.29, 0.717) is 18.6 Å². The maximum Gasteiger partial charge on any atom is 0.137 e. The number of ketones is 1. The highest BCUT2D eigenvalue weighted by Gasteiger charge is 2.28. The molecule has 1 heterocycles. The van der Waals surface area contributed by atoms with Crippen LogP contribution in [-0.4, -0.2) is 12.3 Å². The molecule has 1 atom stereocenters. The minimum atomic E-state index is 0.171. The van der Waals surface area contributed by atoms with Crippen molar-refractivity contribution in [1.29, 1.82) is 0 Å². The molecule has 0 saturated carbocycles. The quantitative estimate of drug-likeness (QED) is 0.714. The van der Waals surface area contributed by atoms with Crippen LogP contribution in [0.2, 0.25) is 0 Å². The highest BCUT2D eigenvalue weighted by molar-refractivity contribution is 5.82. The van der Waals surface area contributed by atoms with Gasteiger partial charge < -0.3 is 4.90 Å². The summed E-state index contributed by atoms with van der Waals surface area (Å²) in [5, 5.41) is 0. The van der Waals surface area contributed by atoms with E-state index in [-0.39, 0.29) is 6.04 Å². The van der Waals surface area contributed by atoms with Gasteiger partial charge in [0.2, 0.25) is 0 Å². The molecule has 1 fully saturated rings. The summed E-state index contributed by atoms with van der Waals surface area (Å²) in [6.07, 6.45) is 1.26. The Morgan fingerprint density at radius 3 is 1.91 bits per heavy atom. The van der Waals surface area contributed by atoms with Gasteiger partial charge in [0.25, 0.3) is 0 Å². The summed E-state index contributed by atoms with van der Waals surface area (Å²) in [6, 6.07) is 20.8. The summed E-state index contributed by atoms with van der Waals surface area (Å²) in [7, 11) is 0. The van der Waals surface area contributed by atoms with Gasteiger partial charge in [-0.15, -0.1) is 0 Å². The van der Waals surface area contributed by atoms with Gasteiger partial charge in [0.05, 0.1) is 6.04 Å². The molecule has 2 aromatic carbocycles. The molecule has 124 valence electrons. The molecule has 0 radical (unpaired) electrons. The van der Waals surface area contributed by atoms with Gasteiger partial charge in [0.15, 0.2) is 0 Å². The molecule has 0 N–H and O–H groups in total. The maximum atomic E-state index is 11.8. The van der Waals surface area contributed by atoms with E-state index < -0.39 is 0 Å². The number of benzene rings is 2. The Morgan fingerprint density at radius 1 is 0.826 bits per heavy atom. The largest absolute Gasteiger partial charge is 0.364 e. The fourth-order valence-electron chi connectivity index (χ4n) is 2.73. The fourth-order valence-corrected chi connectivity index (χ4v) is 2.73. The number of piperidine rings is 1. The third kappa shape index (κ3) is 5.24. The lowest BCUT2D eigenvalue weighted by molar-refractivity contribution is -0.120. The molecule has 2 aromatic rings. The van der Waals surface area contributed by atoms with E-state index in [2.05, 4.69) is 29.2 Å². The van der Waals surface area contributed by atoms with Crippen LogP contribution in [0.1, 0.15) is 52.1 Å². The van der Waals surface area contributed by atoms with Crippen molar-refractivity contribution in [3.05, 3.63) is 66.2 Å². The zero-order valence-electron chi connectivity index (χ0n) is 14.8. The minimum absolute atomic E-state index is 0.171. The Hall–Kier alpha value is -2.09. The number of nitrogens with zero attached hydrogens (tertiary/aromatic N) is 1. The molecule has 1 aliphatic rings. The van der Waals surface area contributed by atoms with Crippen molar-refractivity contribution in [2.45, 2.75) is 46.6 Å². The molecular formula is C21H29NO. The van der Waals surface area contributed by atoms with Gasteiger partial charge in [-0.3, -0.25) is 4.79 Å². The summed E-state index contributed by atoms with van der Waals surface area (Å²) < 4.78 is 0. The van der Waals surface area contributed by atoms with E-state index >= 15 is 0 Å². The van der Waals surface area contributed by atoms with Crippen LogP contribution in [0.3, 0.4) is 0 Å². The second kappa shape index (κ2) is 10.6. The van der Waals surface area contributed by atoms with E-state index in [1.165, 1.54) is 11.3 Å². The number of rotatable bonds is 2. The number of anilines is 1. The number of Topliss-reactive ketones (excluding diaryl/α,β-unsaturated/α-hetero) is 1. The average Bonchev–Trinajstić information content (AvgIpc) is 2.66. The highest BCUT2D eigenvalue weighted by atomic mass is 16.1. The van der Waals surface area contributed by atoms with Crippen molar-refractivity contribution in [1.82, 2.24) is 0 Å². The molecule has 0 amide bonds. The molecule has 2 nitrogen and oxygen atoms in total. The Balaban J connectivity index is 0.000000615. The fraction of sp³-hybridized carbons (Fsp3) is 0.381. The number of hydrogen-bond acceptors (Lipinski definition) is 2. The third-order valence-corrected chi connectivity index (χ3v) is 3.70. The molecule has 0 spiro atoms. The molecule has 1 saturated heterocycles. The standard InChI is InChI=1S/C17H17NO.2C2H6/c19-16-11-12-18(15-9-5-2-6-10-15)17(13-16)14-7-3-1-4-8-14;2*1-2/h1-10,17H,11-13H2;2*1-2H3. The predicted octanol–water partition coefficient (Wildman–Crippen LogP) is 5.65. The number of para-hydroxylation sites is 1. The van der Waals surface area contributed by atoms with E-state index in [1.54, 1.807) is 0 Å². The second-order valence-corrected chi connectivity index (χ2v) is 4.95. The van der Waals surface area contributed by atoms with Crippen molar-refractivity contribution in [3.8, 4) is 0 Å². The van der Waals surface area contributed by atoms with Crippen molar-refractivity contribution in [3.63, 3.8) is 0 Å². The van der Waals surface area contributed by atoms with Crippen LogP contribution < -0.4 is 4.90 Å². The first kappa shape index (κ1) is 19.0. The lowest BCUT2D eigenvalue weighted by Crippen LogP contribution is -2.37. The number of carbonyl (C=O) groups is 1. The molecule has 3 rings (SSSR count). The van der Waals surface area contributed by atoms with Crippen LogP contribution in [-0.2, 0) is 4.79 Å². The van der Waals surface area contributed by atoms with Crippen LogP contribution in [0.5, 0.6) is 0 Å². The van der Waals surface area contributed by atoms with Gasteiger partial charge in [-0.05, 0) is 17.7 Å². The van der Waals surface area contributed by atoms with Gasteiger partial charge in [0, 0.05) is 25.1 Å². The Bertz CT molecular complexity index is 551. The van der Waals surface area contributed by atoms with Crippen molar-refractivity contribution < 1.29 is 4.79 Å². The maximum absolute atomic E-state index is 11.8. The van der Waals surface area contributed by atoms with Crippen LogP contribution in [0.25, 0.3) is 0 Å². The van der Waals surface area contributed by atoms with Crippen LogP contribution in [0, 0.1) is 0 Å². The van der Waals surface area contributed by atoms with Crippen LogP contribution in [0.4, 0.5) is 5.69 Å². The molecule has 0 aromatic heterocycles. The SMILES string of the molecule is CC.CC.O=C1CCN(c2ccccc2)C(c2ccccc2)C1. The van der Waals surface area contributed by atoms with E-state index in [9.17, 15) is 4.79 Å². The van der Waals surface area contributed by atoms with E-state index in [4.69, 9.17) is 0 Å². The minimum Gasteiger partial charge on any atom is -0.364 e. The topological polar surface area (TPSA) is 20.3 Å². The molecule has 2 heteroatoms. The smallest absolute Gasteiger partial charge is 0.137 e. The summed E-state index contributed by atoms with van der Waals surface area (Å²) in [6.45, 7) is 8.81. The Labute approximate surface area is 141 Å². The Kier molecular flexibility index (Phi) is 8.74. The zero-order valence-corrected chi connectivity index (χ0v) is 14.8.